The first kappa shape index (κ1) is 30.6. The van der Waals surface area contributed by atoms with Crippen LogP contribution in [-0.4, -0.2) is 17.5 Å². The second-order valence-corrected chi connectivity index (χ2v) is 9.12. The van der Waals surface area contributed by atoms with Gasteiger partial charge in [0, 0.05) is 12.8 Å². The Kier molecular flexibility index (Phi) is 23.2. The third-order valence-corrected chi connectivity index (χ3v) is 6.00. The van der Waals surface area contributed by atoms with Crippen LogP contribution < -0.4 is 0 Å². The Balaban J connectivity index is 3.48. The number of allylic oxidation sites excluding steroid dienone is 2. The summed E-state index contributed by atoms with van der Waals surface area (Å²) in [5.41, 5.74) is 0.293. The van der Waals surface area contributed by atoms with Gasteiger partial charge in [-0.2, -0.15) is 0 Å². The Morgan fingerprint density at radius 1 is 0.688 bits per heavy atom. The van der Waals surface area contributed by atoms with E-state index < -0.39 is 0 Å². The lowest BCUT2D eigenvalue weighted by molar-refractivity contribution is -0.428. The lowest BCUT2D eigenvalue weighted by Crippen LogP contribution is -2.06. The molecule has 0 N–H and O–H groups in total. The van der Waals surface area contributed by atoms with Crippen molar-refractivity contribution in [3.05, 3.63) is 21.9 Å². The molecule has 5 nitrogen and oxygen atoms in total. The summed E-state index contributed by atoms with van der Waals surface area (Å²) in [6.45, 7) is 4.89. The average molecular weight is 454 g/mol. The van der Waals surface area contributed by atoms with Crippen molar-refractivity contribution in [3.8, 4) is 0 Å². The van der Waals surface area contributed by atoms with Crippen molar-refractivity contribution in [2.45, 2.75) is 149 Å². The van der Waals surface area contributed by atoms with Gasteiger partial charge in [-0.05, 0) is 38.2 Å². The van der Waals surface area contributed by atoms with Crippen molar-refractivity contribution in [1.29, 1.82) is 0 Å². The number of ether oxygens (including phenoxy) is 1. The minimum Gasteiger partial charge on any atom is -0.466 e. The Bertz CT molecular complexity index is 476. The average Bonchev–Trinajstić information content (AvgIpc) is 2.78. The van der Waals surface area contributed by atoms with E-state index in [4.69, 9.17) is 4.74 Å². The van der Waals surface area contributed by atoms with E-state index in [2.05, 4.69) is 13.8 Å². The largest absolute Gasteiger partial charge is 0.466 e. The minimum atomic E-state index is -0.279. The van der Waals surface area contributed by atoms with Crippen molar-refractivity contribution in [2.24, 2.45) is 0 Å². The number of esters is 1. The number of nitro groups is 1. The predicted octanol–water partition coefficient (Wildman–Crippen LogP) is 8.92. The number of carbonyl (C=O) groups is 1. The van der Waals surface area contributed by atoms with Gasteiger partial charge < -0.3 is 4.74 Å². The molecule has 0 radical (unpaired) electrons. The van der Waals surface area contributed by atoms with Gasteiger partial charge in [0.2, 0.25) is 5.70 Å². The minimum absolute atomic E-state index is 0.168. The lowest BCUT2D eigenvalue weighted by atomic mass is 10.0. The van der Waals surface area contributed by atoms with Crippen LogP contribution in [0, 0.1) is 10.1 Å². The number of carbonyl (C=O) groups excluding carboxylic acids is 1. The van der Waals surface area contributed by atoms with Gasteiger partial charge in [0.05, 0.1) is 11.5 Å². The lowest BCUT2D eigenvalue weighted by Gasteiger charge is -2.05. The first-order valence-corrected chi connectivity index (χ1v) is 13.6. The molecule has 188 valence electrons. The highest BCUT2D eigenvalue weighted by Gasteiger charge is 2.10. The molecule has 0 atom stereocenters. The molecule has 0 rings (SSSR count). The van der Waals surface area contributed by atoms with E-state index in [1.165, 1.54) is 70.6 Å². The summed E-state index contributed by atoms with van der Waals surface area (Å²) in [4.78, 5) is 22.6. The molecule has 0 bridgehead atoms. The Morgan fingerprint density at radius 3 is 1.69 bits per heavy atom. The van der Waals surface area contributed by atoms with E-state index in [1.54, 1.807) is 6.08 Å². The maximum absolute atomic E-state index is 11.8. The Morgan fingerprint density at radius 2 is 1.16 bits per heavy atom. The van der Waals surface area contributed by atoms with Gasteiger partial charge in [-0.1, -0.05) is 104 Å². The predicted molar refractivity (Wildman–Crippen MR) is 134 cm³/mol. The molecular formula is C27H51NO4. The van der Waals surface area contributed by atoms with E-state index >= 15 is 0 Å². The summed E-state index contributed by atoms with van der Waals surface area (Å²) < 4.78 is 5.30. The normalized spacial score (nSPS) is 11.6. The molecule has 0 aliphatic carbocycles. The molecule has 0 aliphatic rings. The molecule has 0 unspecified atom stereocenters. The molecular weight excluding hydrogens is 402 g/mol. The van der Waals surface area contributed by atoms with E-state index in [0.29, 0.717) is 38.0 Å². The first-order chi connectivity index (χ1) is 15.6. The molecule has 0 aliphatic heterocycles. The van der Waals surface area contributed by atoms with Crippen molar-refractivity contribution < 1.29 is 14.5 Å². The summed E-state index contributed by atoms with van der Waals surface area (Å²) >= 11 is 0. The van der Waals surface area contributed by atoms with Crippen LogP contribution in [0.2, 0.25) is 0 Å². The molecule has 0 spiro atoms. The van der Waals surface area contributed by atoms with Crippen molar-refractivity contribution in [1.82, 2.24) is 0 Å². The summed E-state index contributed by atoms with van der Waals surface area (Å²) in [5, 5.41) is 11.1. The second-order valence-electron chi connectivity index (χ2n) is 9.12. The maximum atomic E-state index is 11.8. The topological polar surface area (TPSA) is 69.4 Å². The maximum Gasteiger partial charge on any atom is 0.305 e. The zero-order valence-electron chi connectivity index (χ0n) is 21.2. The summed E-state index contributed by atoms with van der Waals surface area (Å²) in [7, 11) is 0. The van der Waals surface area contributed by atoms with Gasteiger partial charge in [0.25, 0.3) is 0 Å². The van der Waals surface area contributed by atoms with Crippen LogP contribution in [0.4, 0.5) is 0 Å². The SMILES string of the molecule is CCCCC/C=C(/CCCCC(=O)OCCCCCCCCCCCCCCC)[N+](=O)[O-]. The Labute approximate surface area is 197 Å². The van der Waals surface area contributed by atoms with Crippen LogP contribution in [0.3, 0.4) is 0 Å². The zero-order chi connectivity index (χ0) is 23.7. The van der Waals surface area contributed by atoms with Crippen LogP contribution in [0.15, 0.2) is 11.8 Å². The highest BCUT2D eigenvalue weighted by Crippen LogP contribution is 2.14. The van der Waals surface area contributed by atoms with Crippen LogP contribution in [0.5, 0.6) is 0 Å². The standard InChI is InChI=1S/C27H51NO4/c1-3-5-7-9-10-11-12-13-14-15-16-17-21-25-32-27(29)24-20-19-23-26(28(30)31)22-18-8-6-4-2/h22H,3-21,23-25H2,1-2H3/b26-22-. The highest BCUT2D eigenvalue weighted by molar-refractivity contribution is 5.69. The Hall–Kier alpha value is -1.39. The number of hydrogen-bond donors (Lipinski definition) is 0. The third-order valence-electron chi connectivity index (χ3n) is 6.00. The van der Waals surface area contributed by atoms with E-state index in [0.717, 1.165) is 38.5 Å². The van der Waals surface area contributed by atoms with Crippen molar-refractivity contribution in [3.63, 3.8) is 0 Å². The molecule has 5 heteroatoms. The summed E-state index contributed by atoms with van der Waals surface area (Å²) in [6, 6.07) is 0. The molecule has 0 aromatic rings. The first-order valence-electron chi connectivity index (χ1n) is 13.6. The van der Waals surface area contributed by atoms with Gasteiger partial charge in [-0.25, -0.2) is 0 Å². The van der Waals surface area contributed by atoms with Crippen LogP contribution in [0.1, 0.15) is 149 Å². The quantitative estimate of drug-likeness (QED) is 0.0633. The molecule has 0 aromatic heterocycles. The molecule has 0 heterocycles. The molecule has 0 aromatic carbocycles. The number of hydrogen-bond acceptors (Lipinski definition) is 4. The van der Waals surface area contributed by atoms with Gasteiger partial charge in [-0.3, -0.25) is 14.9 Å². The van der Waals surface area contributed by atoms with Gasteiger partial charge in [-0.15, -0.1) is 0 Å². The zero-order valence-corrected chi connectivity index (χ0v) is 21.2. The summed E-state index contributed by atoms with van der Waals surface area (Å²) in [5.74, 6) is -0.168. The van der Waals surface area contributed by atoms with E-state index in [9.17, 15) is 14.9 Å². The fourth-order valence-corrected chi connectivity index (χ4v) is 3.88. The van der Waals surface area contributed by atoms with Crippen LogP contribution in [0.25, 0.3) is 0 Å². The fraction of sp³-hybridized carbons (Fsp3) is 0.889. The van der Waals surface area contributed by atoms with Crippen molar-refractivity contribution >= 4 is 5.97 Å². The van der Waals surface area contributed by atoms with Crippen LogP contribution >= 0.6 is 0 Å². The molecule has 0 fully saturated rings. The van der Waals surface area contributed by atoms with Gasteiger partial charge in [0.15, 0.2) is 0 Å². The van der Waals surface area contributed by atoms with Gasteiger partial charge >= 0.3 is 5.97 Å². The molecule has 32 heavy (non-hydrogen) atoms. The number of nitrogens with zero attached hydrogens (tertiary/aromatic N) is 1. The van der Waals surface area contributed by atoms with Gasteiger partial charge in [0.1, 0.15) is 0 Å². The monoisotopic (exact) mass is 453 g/mol. The number of rotatable bonds is 24. The summed E-state index contributed by atoms with van der Waals surface area (Å²) in [6.07, 6.45) is 24.8. The molecule has 0 amide bonds. The third kappa shape index (κ3) is 21.8. The van der Waals surface area contributed by atoms with Crippen molar-refractivity contribution in [2.75, 3.05) is 6.61 Å². The highest BCUT2D eigenvalue weighted by atomic mass is 16.6. The fourth-order valence-electron chi connectivity index (χ4n) is 3.88. The van der Waals surface area contributed by atoms with E-state index in [1.807, 2.05) is 0 Å². The van der Waals surface area contributed by atoms with Crippen LogP contribution in [-0.2, 0) is 9.53 Å². The van der Waals surface area contributed by atoms with E-state index in [-0.39, 0.29) is 10.9 Å². The molecule has 0 saturated carbocycles. The number of unbranched alkanes of at least 4 members (excludes halogenated alkanes) is 16. The smallest absolute Gasteiger partial charge is 0.305 e. The second kappa shape index (κ2) is 24.3. The molecule has 0 saturated heterocycles.